The number of fused-ring (bicyclic) bond motifs is 1. The first-order valence-electron chi connectivity index (χ1n) is 6.98. The van der Waals surface area contributed by atoms with Gasteiger partial charge in [-0.05, 0) is 32.1 Å². The number of hydrogen-bond acceptors (Lipinski definition) is 3. The number of carbonyl (C=O) groups excluding carboxylic acids is 1. The molecule has 0 aromatic heterocycles. The molecule has 2 aliphatic heterocycles. The molecule has 0 aromatic carbocycles. The van der Waals surface area contributed by atoms with Crippen LogP contribution in [0.2, 0.25) is 0 Å². The summed E-state index contributed by atoms with van der Waals surface area (Å²) in [5, 5.41) is 3.55. The van der Waals surface area contributed by atoms with Crippen molar-refractivity contribution < 1.29 is 9.53 Å². The number of piperazine rings is 1. The van der Waals surface area contributed by atoms with Crippen LogP contribution in [0.25, 0.3) is 0 Å². The van der Waals surface area contributed by atoms with Crippen molar-refractivity contribution in [1.29, 1.82) is 0 Å². The Bertz CT molecular complexity index is 289. The average Bonchev–Trinajstić information content (AvgIpc) is 2.87. The number of amides is 1. The molecule has 17 heavy (non-hydrogen) atoms. The lowest BCUT2D eigenvalue weighted by Gasteiger charge is -2.40. The van der Waals surface area contributed by atoms with E-state index in [0.717, 1.165) is 39.1 Å². The molecule has 4 heteroatoms. The summed E-state index contributed by atoms with van der Waals surface area (Å²) in [5.74, 6) is 0.620. The molecule has 0 bridgehead atoms. The Balaban J connectivity index is 1.67. The van der Waals surface area contributed by atoms with Crippen LogP contribution in [0.15, 0.2) is 0 Å². The van der Waals surface area contributed by atoms with E-state index in [0.29, 0.717) is 18.0 Å². The maximum atomic E-state index is 12.5. The van der Waals surface area contributed by atoms with Gasteiger partial charge in [-0.15, -0.1) is 0 Å². The lowest BCUT2D eigenvalue weighted by molar-refractivity contribution is -0.142. The molecule has 3 fully saturated rings. The Labute approximate surface area is 103 Å². The van der Waals surface area contributed by atoms with Gasteiger partial charge in [0.05, 0.1) is 0 Å². The summed E-state index contributed by atoms with van der Waals surface area (Å²) in [5.41, 5.74) is 0. The standard InChI is InChI=1S/C13H22N2O2/c16-13(10-4-8-17-9-5-10)15-7-6-14-11-2-1-3-12(11)15/h10-12,14H,1-9H2. The minimum Gasteiger partial charge on any atom is -0.381 e. The molecule has 0 radical (unpaired) electrons. The van der Waals surface area contributed by atoms with E-state index in [1.807, 2.05) is 0 Å². The summed E-state index contributed by atoms with van der Waals surface area (Å²) in [7, 11) is 0. The van der Waals surface area contributed by atoms with Gasteiger partial charge in [-0.25, -0.2) is 0 Å². The third-order valence-corrected chi connectivity index (χ3v) is 4.49. The van der Waals surface area contributed by atoms with E-state index in [1.54, 1.807) is 0 Å². The quantitative estimate of drug-likeness (QED) is 0.733. The van der Waals surface area contributed by atoms with E-state index in [1.165, 1.54) is 19.3 Å². The van der Waals surface area contributed by atoms with Crippen molar-refractivity contribution >= 4 is 5.91 Å². The maximum Gasteiger partial charge on any atom is 0.226 e. The minimum atomic E-state index is 0.225. The van der Waals surface area contributed by atoms with Crippen molar-refractivity contribution in [3.63, 3.8) is 0 Å². The molecule has 3 aliphatic rings. The van der Waals surface area contributed by atoms with Crippen LogP contribution in [0.5, 0.6) is 0 Å². The van der Waals surface area contributed by atoms with Crippen molar-refractivity contribution in [2.75, 3.05) is 26.3 Å². The molecule has 0 spiro atoms. The van der Waals surface area contributed by atoms with E-state index in [2.05, 4.69) is 10.2 Å². The Kier molecular flexibility index (Phi) is 3.34. The van der Waals surface area contributed by atoms with Gasteiger partial charge in [0.15, 0.2) is 0 Å². The molecular weight excluding hydrogens is 216 g/mol. The van der Waals surface area contributed by atoms with Gasteiger partial charge in [0.1, 0.15) is 0 Å². The summed E-state index contributed by atoms with van der Waals surface area (Å²) in [6, 6.07) is 1.03. The predicted octanol–water partition coefficient (Wildman–Crippen LogP) is 0.766. The SMILES string of the molecule is O=C(C1CCOCC1)N1CCNC2CCCC21. The number of ether oxygens (including phenoxy) is 1. The zero-order valence-corrected chi connectivity index (χ0v) is 10.4. The normalized spacial score (nSPS) is 34.7. The molecule has 96 valence electrons. The number of hydrogen-bond donors (Lipinski definition) is 1. The van der Waals surface area contributed by atoms with Gasteiger partial charge in [0, 0.05) is 44.3 Å². The molecule has 1 aliphatic carbocycles. The highest BCUT2D eigenvalue weighted by Crippen LogP contribution is 2.29. The molecule has 2 unspecified atom stereocenters. The van der Waals surface area contributed by atoms with Gasteiger partial charge < -0.3 is 15.0 Å². The van der Waals surface area contributed by atoms with Crippen molar-refractivity contribution in [3.05, 3.63) is 0 Å². The highest BCUT2D eigenvalue weighted by molar-refractivity contribution is 5.79. The van der Waals surface area contributed by atoms with Crippen molar-refractivity contribution in [2.24, 2.45) is 5.92 Å². The maximum absolute atomic E-state index is 12.5. The number of rotatable bonds is 1. The molecule has 1 saturated carbocycles. The smallest absolute Gasteiger partial charge is 0.226 e. The van der Waals surface area contributed by atoms with Gasteiger partial charge in [0.2, 0.25) is 5.91 Å². The lowest BCUT2D eigenvalue weighted by Crippen LogP contribution is -2.58. The topological polar surface area (TPSA) is 41.6 Å². The summed E-state index contributed by atoms with van der Waals surface area (Å²) in [4.78, 5) is 14.7. The van der Waals surface area contributed by atoms with Gasteiger partial charge in [0.25, 0.3) is 0 Å². The van der Waals surface area contributed by atoms with Crippen LogP contribution >= 0.6 is 0 Å². The van der Waals surface area contributed by atoms with Gasteiger partial charge >= 0.3 is 0 Å². The van der Waals surface area contributed by atoms with Crippen LogP contribution in [0.4, 0.5) is 0 Å². The first-order chi connectivity index (χ1) is 8.36. The monoisotopic (exact) mass is 238 g/mol. The van der Waals surface area contributed by atoms with Crippen LogP contribution in [0.3, 0.4) is 0 Å². The molecule has 2 heterocycles. The summed E-state index contributed by atoms with van der Waals surface area (Å²) < 4.78 is 5.34. The second-order valence-electron chi connectivity index (χ2n) is 5.48. The molecule has 2 atom stereocenters. The Morgan fingerprint density at radius 3 is 2.82 bits per heavy atom. The highest BCUT2D eigenvalue weighted by Gasteiger charge is 2.39. The summed E-state index contributed by atoms with van der Waals surface area (Å²) in [6.07, 6.45) is 5.52. The fourth-order valence-corrected chi connectivity index (χ4v) is 3.54. The lowest BCUT2D eigenvalue weighted by atomic mass is 9.96. The molecule has 4 nitrogen and oxygen atoms in total. The fraction of sp³-hybridized carbons (Fsp3) is 0.923. The second-order valence-corrected chi connectivity index (χ2v) is 5.48. The van der Waals surface area contributed by atoms with Crippen LogP contribution in [-0.2, 0) is 9.53 Å². The fourth-order valence-electron chi connectivity index (χ4n) is 3.54. The molecule has 3 rings (SSSR count). The zero-order valence-electron chi connectivity index (χ0n) is 10.4. The van der Waals surface area contributed by atoms with Crippen LogP contribution in [0, 0.1) is 5.92 Å². The third kappa shape index (κ3) is 2.20. The largest absolute Gasteiger partial charge is 0.381 e. The average molecular weight is 238 g/mol. The Morgan fingerprint density at radius 1 is 1.18 bits per heavy atom. The van der Waals surface area contributed by atoms with E-state index in [4.69, 9.17) is 4.74 Å². The van der Waals surface area contributed by atoms with Crippen LogP contribution in [-0.4, -0.2) is 49.2 Å². The van der Waals surface area contributed by atoms with Gasteiger partial charge in [-0.1, -0.05) is 0 Å². The predicted molar refractivity (Wildman–Crippen MR) is 64.7 cm³/mol. The van der Waals surface area contributed by atoms with Crippen molar-refractivity contribution in [1.82, 2.24) is 10.2 Å². The number of nitrogens with zero attached hydrogens (tertiary/aromatic N) is 1. The van der Waals surface area contributed by atoms with Gasteiger partial charge in [-0.3, -0.25) is 4.79 Å². The van der Waals surface area contributed by atoms with E-state index in [9.17, 15) is 4.79 Å². The molecular formula is C13H22N2O2. The first kappa shape index (κ1) is 11.5. The zero-order chi connectivity index (χ0) is 11.7. The summed E-state index contributed by atoms with van der Waals surface area (Å²) >= 11 is 0. The number of carbonyl (C=O) groups is 1. The van der Waals surface area contributed by atoms with Gasteiger partial charge in [-0.2, -0.15) is 0 Å². The van der Waals surface area contributed by atoms with E-state index in [-0.39, 0.29) is 5.92 Å². The minimum absolute atomic E-state index is 0.225. The van der Waals surface area contributed by atoms with Crippen LogP contribution < -0.4 is 5.32 Å². The van der Waals surface area contributed by atoms with Crippen molar-refractivity contribution in [2.45, 2.75) is 44.2 Å². The molecule has 0 aromatic rings. The molecule has 1 N–H and O–H groups in total. The van der Waals surface area contributed by atoms with E-state index >= 15 is 0 Å². The van der Waals surface area contributed by atoms with E-state index < -0.39 is 0 Å². The van der Waals surface area contributed by atoms with Crippen LogP contribution in [0.1, 0.15) is 32.1 Å². The number of nitrogens with one attached hydrogen (secondary N) is 1. The Morgan fingerprint density at radius 2 is 2.00 bits per heavy atom. The Hall–Kier alpha value is -0.610. The first-order valence-corrected chi connectivity index (χ1v) is 6.98. The third-order valence-electron chi connectivity index (χ3n) is 4.49. The summed E-state index contributed by atoms with van der Waals surface area (Å²) in [6.45, 7) is 3.39. The second kappa shape index (κ2) is 4.94. The molecule has 2 saturated heterocycles. The molecule has 1 amide bonds. The van der Waals surface area contributed by atoms with Crippen molar-refractivity contribution in [3.8, 4) is 0 Å². The highest BCUT2D eigenvalue weighted by atomic mass is 16.5.